The minimum Gasteiger partial charge on any atom is -0.375 e. The van der Waals surface area contributed by atoms with Crippen LogP contribution in [0.5, 0.6) is 0 Å². The highest BCUT2D eigenvalue weighted by molar-refractivity contribution is 7.88. The topological polar surface area (TPSA) is 115 Å². The number of nitrogen functional groups attached to an aromatic ring is 1. The minimum absolute atomic E-state index is 0.119. The Bertz CT molecular complexity index is 616. The lowest BCUT2D eigenvalue weighted by Crippen LogP contribution is -2.49. The fourth-order valence-electron chi connectivity index (χ4n) is 2.11. The SMILES string of the molecule is CS(=O)(=O)N1CCOC(CNC(=O)CCc2csc(N)n2)C1. The lowest BCUT2D eigenvalue weighted by molar-refractivity contribution is -0.122. The molecule has 2 rings (SSSR count). The van der Waals surface area contributed by atoms with Crippen LogP contribution in [0, 0.1) is 0 Å². The number of carbonyl (C=O) groups excluding carboxylic acids is 1. The average Bonchev–Trinajstić information content (AvgIpc) is 2.88. The van der Waals surface area contributed by atoms with Gasteiger partial charge in [0.05, 0.1) is 24.7 Å². The van der Waals surface area contributed by atoms with E-state index < -0.39 is 10.0 Å². The van der Waals surface area contributed by atoms with Crippen molar-refractivity contribution in [1.29, 1.82) is 0 Å². The van der Waals surface area contributed by atoms with Crippen LogP contribution < -0.4 is 11.1 Å². The van der Waals surface area contributed by atoms with Gasteiger partial charge >= 0.3 is 0 Å². The number of aryl methyl sites for hydroxylation is 1. The zero-order valence-corrected chi connectivity index (χ0v) is 14.0. The highest BCUT2D eigenvalue weighted by Gasteiger charge is 2.26. The fraction of sp³-hybridized carbons (Fsp3) is 0.667. The number of amides is 1. The number of aromatic nitrogens is 1. The summed E-state index contributed by atoms with van der Waals surface area (Å²) in [5, 5.41) is 5.08. The summed E-state index contributed by atoms with van der Waals surface area (Å²) < 4.78 is 29.8. The highest BCUT2D eigenvalue weighted by atomic mass is 32.2. The van der Waals surface area contributed by atoms with Gasteiger partial charge < -0.3 is 15.8 Å². The summed E-state index contributed by atoms with van der Waals surface area (Å²) in [5.41, 5.74) is 6.33. The van der Waals surface area contributed by atoms with E-state index in [-0.39, 0.29) is 18.6 Å². The van der Waals surface area contributed by atoms with Crippen LogP contribution in [0.15, 0.2) is 5.38 Å². The maximum atomic E-state index is 11.8. The normalized spacial score (nSPS) is 20.0. The Morgan fingerprint density at radius 1 is 1.64 bits per heavy atom. The van der Waals surface area contributed by atoms with Crippen LogP contribution in [-0.4, -0.2) is 62.2 Å². The lowest BCUT2D eigenvalue weighted by Gasteiger charge is -2.31. The van der Waals surface area contributed by atoms with Crippen molar-refractivity contribution >= 4 is 32.4 Å². The van der Waals surface area contributed by atoms with Gasteiger partial charge in [-0.2, -0.15) is 4.31 Å². The summed E-state index contributed by atoms with van der Waals surface area (Å²) in [4.78, 5) is 15.9. The number of nitrogens with zero attached hydrogens (tertiary/aromatic N) is 2. The Morgan fingerprint density at radius 3 is 3.05 bits per heavy atom. The summed E-state index contributed by atoms with van der Waals surface area (Å²) in [6.07, 6.45) is 1.70. The standard InChI is InChI=1S/C12H20N4O4S2/c1-22(18,19)16-4-5-20-10(7-16)6-14-11(17)3-2-9-8-21-12(13)15-9/h8,10H,2-7H2,1H3,(H2,13,15)(H,14,17). The molecule has 0 aromatic carbocycles. The van der Waals surface area contributed by atoms with E-state index in [0.717, 1.165) is 5.69 Å². The molecular formula is C12H20N4O4S2. The maximum Gasteiger partial charge on any atom is 0.220 e. The van der Waals surface area contributed by atoms with E-state index in [4.69, 9.17) is 10.5 Å². The monoisotopic (exact) mass is 348 g/mol. The van der Waals surface area contributed by atoms with Crippen molar-refractivity contribution in [1.82, 2.24) is 14.6 Å². The van der Waals surface area contributed by atoms with E-state index in [2.05, 4.69) is 10.3 Å². The minimum atomic E-state index is -3.22. The number of rotatable bonds is 6. The van der Waals surface area contributed by atoms with Gasteiger partial charge in [0.25, 0.3) is 0 Å². The molecule has 8 nitrogen and oxygen atoms in total. The van der Waals surface area contributed by atoms with Gasteiger partial charge in [0.2, 0.25) is 15.9 Å². The number of nitrogens with two attached hydrogens (primary N) is 1. The Labute approximate surface area is 133 Å². The van der Waals surface area contributed by atoms with Gasteiger partial charge in [-0.1, -0.05) is 0 Å². The van der Waals surface area contributed by atoms with Crippen LogP contribution in [0.3, 0.4) is 0 Å². The van der Waals surface area contributed by atoms with Crippen molar-refractivity contribution < 1.29 is 17.9 Å². The molecule has 22 heavy (non-hydrogen) atoms. The molecule has 124 valence electrons. The Morgan fingerprint density at radius 2 is 2.41 bits per heavy atom. The van der Waals surface area contributed by atoms with Crippen LogP contribution in [0.4, 0.5) is 5.13 Å². The van der Waals surface area contributed by atoms with Crippen LogP contribution >= 0.6 is 11.3 Å². The number of hydrogen-bond donors (Lipinski definition) is 2. The molecule has 10 heteroatoms. The summed E-state index contributed by atoms with van der Waals surface area (Å²) in [6.45, 7) is 1.26. The van der Waals surface area contributed by atoms with Crippen LogP contribution in [-0.2, 0) is 26.0 Å². The van der Waals surface area contributed by atoms with Crippen molar-refractivity contribution in [2.75, 3.05) is 38.2 Å². The zero-order valence-electron chi connectivity index (χ0n) is 12.3. The number of hydrogen-bond acceptors (Lipinski definition) is 7. The van der Waals surface area contributed by atoms with E-state index in [1.54, 1.807) is 0 Å². The van der Waals surface area contributed by atoms with Crippen molar-refractivity contribution in [2.45, 2.75) is 18.9 Å². The van der Waals surface area contributed by atoms with E-state index in [0.29, 0.717) is 37.7 Å². The number of morpholine rings is 1. The van der Waals surface area contributed by atoms with Crippen molar-refractivity contribution in [2.24, 2.45) is 0 Å². The van der Waals surface area contributed by atoms with Crippen LogP contribution in [0.1, 0.15) is 12.1 Å². The quantitative estimate of drug-likeness (QED) is 0.712. The summed E-state index contributed by atoms with van der Waals surface area (Å²) in [7, 11) is -3.22. The summed E-state index contributed by atoms with van der Waals surface area (Å²) in [6, 6.07) is 0. The molecule has 1 saturated heterocycles. The van der Waals surface area contributed by atoms with E-state index >= 15 is 0 Å². The van der Waals surface area contributed by atoms with Gasteiger partial charge in [0, 0.05) is 31.4 Å². The van der Waals surface area contributed by atoms with Gasteiger partial charge in [-0.15, -0.1) is 11.3 Å². The first-order valence-corrected chi connectivity index (χ1v) is 9.60. The van der Waals surface area contributed by atoms with E-state index in [1.165, 1.54) is 21.9 Å². The molecular weight excluding hydrogens is 328 g/mol. The number of nitrogens with one attached hydrogen (secondary N) is 1. The second-order valence-electron chi connectivity index (χ2n) is 5.09. The third-order valence-corrected chi connectivity index (χ3v) is 5.27. The van der Waals surface area contributed by atoms with Gasteiger partial charge in [0.1, 0.15) is 0 Å². The first-order valence-electron chi connectivity index (χ1n) is 6.88. The Kier molecular flexibility index (Phi) is 5.73. The Balaban J connectivity index is 1.71. The van der Waals surface area contributed by atoms with Gasteiger partial charge in [0.15, 0.2) is 5.13 Å². The maximum absolute atomic E-state index is 11.8. The van der Waals surface area contributed by atoms with E-state index in [9.17, 15) is 13.2 Å². The number of thiazole rings is 1. The number of carbonyl (C=O) groups is 1. The van der Waals surface area contributed by atoms with Gasteiger partial charge in [-0.3, -0.25) is 4.79 Å². The largest absolute Gasteiger partial charge is 0.375 e. The predicted molar refractivity (Wildman–Crippen MR) is 84.0 cm³/mol. The molecule has 1 aromatic heterocycles. The molecule has 1 amide bonds. The van der Waals surface area contributed by atoms with Gasteiger partial charge in [-0.25, -0.2) is 13.4 Å². The first kappa shape index (κ1) is 17.1. The van der Waals surface area contributed by atoms with Crippen molar-refractivity contribution in [3.63, 3.8) is 0 Å². The number of anilines is 1. The molecule has 1 unspecified atom stereocenters. The molecule has 1 fully saturated rings. The summed E-state index contributed by atoms with van der Waals surface area (Å²) >= 11 is 1.35. The molecule has 1 aromatic rings. The Hall–Kier alpha value is -1.23. The second-order valence-corrected chi connectivity index (χ2v) is 7.97. The lowest BCUT2D eigenvalue weighted by atomic mass is 10.2. The summed E-state index contributed by atoms with van der Waals surface area (Å²) in [5.74, 6) is -0.119. The second kappa shape index (κ2) is 7.36. The third-order valence-electron chi connectivity index (χ3n) is 3.28. The number of sulfonamides is 1. The van der Waals surface area contributed by atoms with Gasteiger partial charge in [-0.05, 0) is 6.42 Å². The number of ether oxygens (including phenoxy) is 1. The zero-order chi connectivity index (χ0) is 16.2. The molecule has 1 aliphatic heterocycles. The van der Waals surface area contributed by atoms with Crippen molar-refractivity contribution in [3.05, 3.63) is 11.1 Å². The first-order chi connectivity index (χ1) is 10.3. The van der Waals surface area contributed by atoms with Crippen molar-refractivity contribution in [3.8, 4) is 0 Å². The van der Waals surface area contributed by atoms with Crippen LogP contribution in [0.2, 0.25) is 0 Å². The molecule has 1 aliphatic rings. The molecule has 1 atom stereocenters. The molecule has 0 saturated carbocycles. The molecule has 2 heterocycles. The molecule has 0 radical (unpaired) electrons. The molecule has 0 bridgehead atoms. The smallest absolute Gasteiger partial charge is 0.220 e. The third kappa shape index (κ3) is 5.20. The average molecular weight is 348 g/mol. The molecule has 0 aliphatic carbocycles. The van der Waals surface area contributed by atoms with Crippen LogP contribution in [0.25, 0.3) is 0 Å². The predicted octanol–water partition coefficient (Wildman–Crippen LogP) is -0.565. The molecule has 0 spiro atoms. The fourth-order valence-corrected chi connectivity index (χ4v) is 3.55. The molecule has 3 N–H and O–H groups in total. The van der Waals surface area contributed by atoms with E-state index in [1.807, 2.05) is 5.38 Å². The highest BCUT2D eigenvalue weighted by Crippen LogP contribution is 2.12.